The van der Waals surface area contributed by atoms with Crippen LogP contribution in [0.1, 0.15) is 37.6 Å². The fourth-order valence-electron chi connectivity index (χ4n) is 1.20. The molecule has 17 heavy (non-hydrogen) atoms. The minimum atomic E-state index is -0.106. The Balaban J connectivity index is 2.64. The number of pyridine rings is 1. The molecule has 5 nitrogen and oxygen atoms in total. The van der Waals surface area contributed by atoms with Crippen LogP contribution in [0.3, 0.4) is 0 Å². The Morgan fingerprint density at radius 2 is 2.24 bits per heavy atom. The van der Waals surface area contributed by atoms with Crippen LogP contribution in [-0.2, 0) is 0 Å². The van der Waals surface area contributed by atoms with Gasteiger partial charge in [-0.3, -0.25) is 4.79 Å². The van der Waals surface area contributed by atoms with Gasteiger partial charge in [0.1, 0.15) is 5.82 Å². The van der Waals surface area contributed by atoms with E-state index in [1.54, 1.807) is 18.3 Å². The van der Waals surface area contributed by atoms with E-state index >= 15 is 0 Å². The van der Waals surface area contributed by atoms with E-state index in [2.05, 4.69) is 36.5 Å². The molecule has 0 spiro atoms. The first kappa shape index (κ1) is 13.4. The normalized spacial score (nSPS) is 11.1. The van der Waals surface area contributed by atoms with Gasteiger partial charge in [0.25, 0.3) is 5.91 Å². The lowest BCUT2D eigenvalue weighted by atomic mass is 9.90. The van der Waals surface area contributed by atoms with Gasteiger partial charge in [-0.2, -0.15) is 0 Å². The van der Waals surface area contributed by atoms with Gasteiger partial charge in [0, 0.05) is 18.3 Å². The van der Waals surface area contributed by atoms with Crippen LogP contribution >= 0.6 is 0 Å². The molecule has 0 fully saturated rings. The average molecular weight is 236 g/mol. The molecule has 1 amide bonds. The number of nitrogens with two attached hydrogens (primary N) is 1. The Kier molecular flexibility index (Phi) is 4.45. The van der Waals surface area contributed by atoms with Crippen molar-refractivity contribution in [1.82, 2.24) is 10.3 Å². The van der Waals surface area contributed by atoms with Gasteiger partial charge >= 0.3 is 0 Å². The Morgan fingerprint density at radius 3 is 2.82 bits per heavy atom. The first-order chi connectivity index (χ1) is 7.98. The van der Waals surface area contributed by atoms with Crippen molar-refractivity contribution < 1.29 is 4.79 Å². The second-order valence-corrected chi connectivity index (χ2v) is 4.77. The lowest BCUT2D eigenvalue weighted by molar-refractivity contribution is 0.0935. The maximum absolute atomic E-state index is 11.9. The smallest absolute Gasteiger partial charge is 0.251 e. The van der Waals surface area contributed by atoms with Gasteiger partial charge in [0.05, 0.1) is 0 Å². The summed E-state index contributed by atoms with van der Waals surface area (Å²) in [5, 5.41) is 2.91. The van der Waals surface area contributed by atoms with Crippen molar-refractivity contribution in [2.75, 3.05) is 12.0 Å². The van der Waals surface area contributed by atoms with Crippen molar-refractivity contribution >= 4 is 11.7 Å². The minimum absolute atomic E-state index is 0.106. The maximum Gasteiger partial charge on any atom is 0.251 e. The number of rotatable bonds is 5. The monoisotopic (exact) mass is 236 g/mol. The highest BCUT2D eigenvalue weighted by atomic mass is 16.1. The summed E-state index contributed by atoms with van der Waals surface area (Å²) in [6, 6.07) is 3.28. The highest BCUT2D eigenvalue weighted by Crippen LogP contribution is 2.18. The first-order valence-corrected chi connectivity index (χ1v) is 5.69. The van der Waals surface area contributed by atoms with Gasteiger partial charge in [-0.25, -0.2) is 10.8 Å². The number of hydrogen-bond acceptors (Lipinski definition) is 4. The van der Waals surface area contributed by atoms with E-state index in [0.717, 1.165) is 6.42 Å². The zero-order chi connectivity index (χ0) is 12.9. The molecule has 1 aromatic rings. The molecule has 4 N–H and O–H groups in total. The molecule has 0 aliphatic rings. The predicted octanol–water partition coefficient (Wildman–Crippen LogP) is 1.53. The van der Waals surface area contributed by atoms with Crippen LogP contribution in [-0.4, -0.2) is 17.4 Å². The SMILES string of the molecule is CCC(C)(C)CNC(=O)c1ccnc(NN)c1. The molecule has 0 aromatic carbocycles. The number of amides is 1. The Hall–Kier alpha value is -1.62. The summed E-state index contributed by atoms with van der Waals surface area (Å²) in [5.74, 6) is 5.61. The molecule has 0 unspecified atom stereocenters. The number of nitrogens with zero attached hydrogens (tertiary/aromatic N) is 1. The van der Waals surface area contributed by atoms with Gasteiger partial charge in [0.2, 0.25) is 0 Å². The molecule has 0 aliphatic heterocycles. The third-order valence-electron chi connectivity index (χ3n) is 2.85. The van der Waals surface area contributed by atoms with Gasteiger partial charge in [0.15, 0.2) is 0 Å². The second kappa shape index (κ2) is 5.63. The predicted molar refractivity (Wildman–Crippen MR) is 68.5 cm³/mol. The van der Waals surface area contributed by atoms with E-state index < -0.39 is 0 Å². The zero-order valence-corrected chi connectivity index (χ0v) is 10.6. The Bertz CT molecular complexity index is 390. The number of anilines is 1. The summed E-state index contributed by atoms with van der Waals surface area (Å²) >= 11 is 0. The highest BCUT2D eigenvalue weighted by molar-refractivity contribution is 5.94. The number of carbonyl (C=O) groups excluding carboxylic acids is 1. The number of hydrazine groups is 1. The van der Waals surface area contributed by atoms with E-state index in [0.29, 0.717) is 17.9 Å². The quantitative estimate of drug-likeness (QED) is 0.535. The van der Waals surface area contributed by atoms with E-state index in [9.17, 15) is 4.79 Å². The van der Waals surface area contributed by atoms with Crippen molar-refractivity contribution in [2.24, 2.45) is 11.3 Å². The number of hydrogen-bond donors (Lipinski definition) is 3. The van der Waals surface area contributed by atoms with Gasteiger partial charge in [-0.1, -0.05) is 20.8 Å². The molecule has 1 aromatic heterocycles. The molecule has 0 saturated heterocycles. The van der Waals surface area contributed by atoms with E-state index in [1.807, 2.05) is 0 Å². The van der Waals surface area contributed by atoms with Crippen LogP contribution in [0.25, 0.3) is 0 Å². The van der Waals surface area contributed by atoms with E-state index in [4.69, 9.17) is 5.84 Å². The first-order valence-electron chi connectivity index (χ1n) is 5.69. The second-order valence-electron chi connectivity index (χ2n) is 4.77. The molecule has 94 valence electrons. The van der Waals surface area contributed by atoms with Crippen LogP contribution in [0, 0.1) is 5.41 Å². The van der Waals surface area contributed by atoms with Gasteiger partial charge in [-0.05, 0) is 24.0 Å². The molecule has 1 heterocycles. The maximum atomic E-state index is 11.9. The van der Waals surface area contributed by atoms with Crippen LogP contribution in [0.2, 0.25) is 0 Å². The van der Waals surface area contributed by atoms with Crippen LogP contribution in [0.4, 0.5) is 5.82 Å². The lowest BCUT2D eigenvalue weighted by Crippen LogP contribution is -2.33. The van der Waals surface area contributed by atoms with Crippen LogP contribution in [0.15, 0.2) is 18.3 Å². The topological polar surface area (TPSA) is 80.0 Å². The Labute approximate surface area is 102 Å². The van der Waals surface area contributed by atoms with Crippen LogP contribution < -0.4 is 16.6 Å². The summed E-state index contributed by atoms with van der Waals surface area (Å²) in [7, 11) is 0. The molecule has 0 saturated carbocycles. The molecule has 0 atom stereocenters. The number of carbonyl (C=O) groups is 1. The van der Waals surface area contributed by atoms with Crippen molar-refractivity contribution in [1.29, 1.82) is 0 Å². The third-order valence-corrected chi connectivity index (χ3v) is 2.85. The number of nitrogen functional groups attached to an aromatic ring is 1. The van der Waals surface area contributed by atoms with Gasteiger partial charge < -0.3 is 10.7 Å². The molecule has 0 aliphatic carbocycles. The number of nitrogens with one attached hydrogen (secondary N) is 2. The van der Waals surface area contributed by atoms with Crippen molar-refractivity contribution in [3.8, 4) is 0 Å². The highest BCUT2D eigenvalue weighted by Gasteiger charge is 2.16. The van der Waals surface area contributed by atoms with Crippen molar-refractivity contribution in [2.45, 2.75) is 27.2 Å². The summed E-state index contributed by atoms with van der Waals surface area (Å²) < 4.78 is 0. The summed E-state index contributed by atoms with van der Waals surface area (Å²) in [5.41, 5.74) is 3.08. The Morgan fingerprint density at radius 1 is 1.53 bits per heavy atom. The summed E-state index contributed by atoms with van der Waals surface area (Å²) in [4.78, 5) is 15.8. The van der Waals surface area contributed by atoms with Crippen LogP contribution in [0.5, 0.6) is 0 Å². The number of aromatic nitrogens is 1. The summed E-state index contributed by atoms with van der Waals surface area (Å²) in [6.45, 7) is 6.99. The largest absolute Gasteiger partial charge is 0.352 e. The molecule has 5 heteroatoms. The lowest BCUT2D eigenvalue weighted by Gasteiger charge is -2.22. The molecular weight excluding hydrogens is 216 g/mol. The molecular formula is C12H20N4O. The molecule has 0 bridgehead atoms. The molecule has 1 rings (SSSR count). The van der Waals surface area contributed by atoms with Crippen molar-refractivity contribution in [3.05, 3.63) is 23.9 Å². The fraction of sp³-hybridized carbons (Fsp3) is 0.500. The average Bonchev–Trinajstić information content (AvgIpc) is 2.36. The standard InChI is InChI=1S/C12H20N4O/c1-4-12(2,3)8-15-11(17)9-5-6-14-10(7-9)16-13/h5-7H,4,8,13H2,1-3H3,(H,14,16)(H,15,17). The van der Waals surface area contributed by atoms with Gasteiger partial charge in [-0.15, -0.1) is 0 Å². The third kappa shape index (κ3) is 4.03. The van der Waals surface area contributed by atoms with E-state index in [-0.39, 0.29) is 11.3 Å². The van der Waals surface area contributed by atoms with E-state index in [1.165, 1.54) is 0 Å². The molecule has 0 radical (unpaired) electrons. The minimum Gasteiger partial charge on any atom is -0.352 e. The summed E-state index contributed by atoms with van der Waals surface area (Å²) in [6.07, 6.45) is 2.56. The van der Waals surface area contributed by atoms with Crippen molar-refractivity contribution in [3.63, 3.8) is 0 Å². The zero-order valence-electron chi connectivity index (χ0n) is 10.6. The fourth-order valence-corrected chi connectivity index (χ4v) is 1.20.